The van der Waals surface area contributed by atoms with E-state index < -0.39 is 0 Å². The average molecular weight is 260 g/mol. The SMILES string of the molecule is O=C(NCC1CCCO1)NC1CCc2ccccc21. The lowest BCUT2D eigenvalue weighted by atomic mass is 10.1. The Morgan fingerprint density at radius 1 is 1.32 bits per heavy atom. The van der Waals surface area contributed by atoms with Crippen LogP contribution >= 0.6 is 0 Å². The Morgan fingerprint density at radius 3 is 3.05 bits per heavy atom. The molecular formula is C15H20N2O2. The topological polar surface area (TPSA) is 50.4 Å². The summed E-state index contributed by atoms with van der Waals surface area (Å²) in [7, 11) is 0. The molecule has 0 radical (unpaired) electrons. The largest absolute Gasteiger partial charge is 0.376 e. The Bertz CT molecular complexity index is 455. The zero-order valence-electron chi connectivity index (χ0n) is 11.0. The van der Waals surface area contributed by atoms with Gasteiger partial charge in [-0.1, -0.05) is 24.3 Å². The van der Waals surface area contributed by atoms with Gasteiger partial charge in [0, 0.05) is 13.2 Å². The van der Waals surface area contributed by atoms with Gasteiger partial charge in [-0.3, -0.25) is 0 Å². The van der Waals surface area contributed by atoms with Gasteiger partial charge in [-0.05, 0) is 36.8 Å². The molecule has 0 saturated carbocycles. The number of amides is 2. The average Bonchev–Trinajstić information content (AvgIpc) is 3.07. The molecule has 1 saturated heterocycles. The molecule has 19 heavy (non-hydrogen) atoms. The third kappa shape index (κ3) is 2.89. The molecule has 0 spiro atoms. The van der Waals surface area contributed by atoms with Crippen molar-refractivity contribution in [2.75, 3.05) is 13.2 Å². The van der Waals surface area contributed by atoms with Crippen LogP contribution in [0.3, 0.4) is 0 Å². The molecule has 2 amide bonds. The summed E-state index contributed by atoms with van der Waals surface area (Å²) in [6, 6.07) is 8.40. The number of hydrogen-bond acceptors (Lipinski definition) is 2. The minimum absolute atomic E-state index is 0.0859. The van der Waals surface area contributed by atoms with Gasteiger partial charge in [-0.25, -0.2) is 4.79 Å². The molecular weight excluding hydrogens is 240 g/mol. The Morgan fingerprint density at radius 2 is 2.21 bits per heavy atom. The maximum Gasteiger partial charge on any atom is 0.315 e. The fraction of sp³-hybridized carbons (Fsp3) is 0.533. The van der Waals surface area contributed by atoms with Crippen LogP contribution in [0.5, 0.6) is 0 Å². The molecule has 1 aliphatic carbocycles. The van der Waals surface area contributed by atoms with E-state index in [9.17, 15) is 4.79 Å². The Balaban J connectivity index is 1.50. The minimum Gasteiger partial charge on any atom is -0.376 e. The molecule has 1 aromatic rings. The van der Waals surface area contributed by atoms with Gasteiger partial charge in [0.25, 0.3) is 0 Å². The molecule has 2 atom stereocenters. The monoisotopic (exact) mass is 260 g/mol. The van der Waals surface area contributed by atoms with Crippen LogP contribution in [-0.2, 0) is 11.2 Å². The quantitative estimate of drug-likeness (QED) is 0.875. The van der Waals surface area contributed by atoms with Crippen LogP contribution in [0.1, 0.15) is 36.4 Å². The molecule has 0 bridgehead atoms. The first-order valence-electron chi connectivity index (χ1n) is 7.07. The molecule has 2 N–H and O–H groups in total. The number of ether oxygens (including phenoxy) is 1. The third-order valence-corrected chi connectivity index (χ3v) is 3.95. The van der Waals surface area contributed by atoms with Crippen LogP contribution in [0.25, 0.3) is 0 Å². The molecule has 1 heterocycles. The minimum atomic E-state index is -0.0859. The number of aryl methyl sites for hydroxylation is 1. The molecule has 1 fully saturated rings. The first-order valence-corrected chi connectivity index (χ1v) is 7.07. The summed E-state index contributed by atoms with van der Waals surface area (Å²) in [5.41, 5.74) is 2.61. The molecule has 4 heteroatoms. The molecule has 102 valence electrons. The first kappa shape index (κ1) is 12.5. The number of carbonyl (C=O) groups is 1. The summed E-state index contributed by atoms with van der Waals surface area (Å²) in [6.07, 6.45) is 4.39. The fourth-order valence-corrected chi connectivity index (χ4v) is 2.93. The Labute approximate surface area is 113 Å². The Kier molecular flexibility index (Phi) is 3.69. The van der Waals surface area contributed by atoms with Gasteiger partial charge in [0.2, 0.25) is 0 Å². The number of fused-ring (bicyclic) bond motifs is 1. The van der Waals surface area contributed by atoms with Crippen molar-refractivity contribution in [2.24, 2.45) is 0 Å². The predicted octanol–water partition coefficient (Wildman–Crippen LogP) is 2.15. The van der Waals surface area contributed by atoms with Crippen molar-refractivity contribution < 1.29 is 9.53 Å². The molecule has 1 aromatic carbocycles. The van der Waals surface area contributed by atoms with E-state index in [1.54, 1.807) is 0 Å². The van der Waals surface area contributed by atoms with Crippen molar-refractivity contribution in [3.63, 3.8) is 0 Å². The van der Waals surface area contributed by atoms with Crippen molar-refractivity contribution in [2.45, 2.75) is 37.8 Å². The summed E-state index contributed by atoms with van der Waals surface area (Å²) in [5.74, 6) is 0. The highest BCUT2D eigenvalue weighted by atomic mass is 16.5. The fourth-order valence-electron chi connectivity index (χ4n) is 2.93. The molecule has 4 nitrogen and oxygen atoms in total. The van der Waals surface area contributed by atoms with E-state index >= 15 is 0 Å². The van der Waals surface area contributed by atoms with E-state index in [1.807, 2.05) is 6.07 Å². The molecule has 0 aromatic heterocycles. The second-order valence-electron chi connectivity index (χ2n) is 5.28. The second-order valence-corrected chi connectivity index (χ2v) is 5.28. The third-order valence-electron chi connectivity index (χ3n) is 3.95. The van der Waals surface area contributed by atoms with Gasteiger partial charge < -0.3 is 15.4 Å². The van der Waals surface area contributed by atoms with Gasteiger partial charge in [-0.2, -0.15) is 0 Å². The lowest BCUT2D eigenvalue weighted by molar-refractivity contribution is 0.111. The lowest BCUT2D eigenvalue weighted by Gasteiger charge is -2.16. The maximum atomic E-state index is 11.9. The highest BCUT2D eigenvalue weighted by Gasteiger charge is 2.23. The predicted molar refractivity (Wildman–Crippen MR) is 73.0 cm³/mol. The molecule has 3 rings (SSSR count). The number of hydrogen-bond donors (Lipinski definition) is 2. The van der Waals surface area contributed by atoms with E-state index in [2.05, 4.69) is 28.8 Å². The van der Waals surface area contributed by atoms with Crippen LogP contribution in [-0.4, -0.2) is 25.3 Å². The van der Waals surface area contributed by atoms with E-state index in [-0.39, 0.29) is 18.2 Å². The highest BCUT2D eigenvalue weighted by Crippen LogP contribution is 2.30. The first-order chi connectivity index (χ1) is 9.33. The number of rotatable bonds is 3. The normalized spacial score (nSPS) is 25.1. The van der Waals surface area contributed by atoms with Crippen molar-refractivity contribution in [1.29, 1.82) is 0 Å². The van der Waals surface area contributed by atoms with Crippen molar-refractivity contribution in [1.82, 2.24) is 10.6 Å². The van der Waals surface area contributed by atoms with Crippen LogP contribution < -0.4 is 10.6 Å². The molecule has 2 unspecified atom stereocenters. The second kappa shape index (κ2) is 5.61. The van der Waals surface area contributed by atoms with E-state index in [4.69, 9.17) is 4.74 Å². The van der Waals surface area contributed by atoms with Crippen LogP contribution in [0.15, 0.2) is 24.3 Å². The van der Waals surface area contributed by atoms with Crippen molar-refractivity contribution >= 4 is 6.03 Å². The number of nitrogens with one attached hydrogen (secondary N) is 2. The standard InChI is InChI=1S/C15H20N2O2/c18-15(16-10-12-5-3-9-19-12)17-14-8-7-11-4-1-2-6-13(11)14/h1-2,4,6,12,14H,3,5,7-10H2,(H2,16,17,18). The summed E-state index contributed by atoms with van der Waals surface area (Å²) < 4.78 is 5.49. The highest BCUT2D eigenvalue weighted by molar-refractivity contribution is 5.74. The maximum absolute atomic E-state index is 11.9. The summed E-state index contributed by atoms with van der Waals surface area (Å²) >= 11 is 0. The van der Waals surface area contributed by atoms with E-state index in [1.165, 1.54) is 11.1 Å². The number of carbonyl (C=O) groups excluding carboxylic acids is 1. The summed E-state index contributed by atoms with van der Waals surface area (Å²) in [5, 5.41) is 5.96. The van der Waals surface area contributed by atoms with Crippen LogP contribution in [0.4, 0.5) is 4.79 Å². The zero-order chi connectivity index (χ0) is 13.1. The Hall–Kier alpha value is -1.55. The van der Waals surface area contributed by atoms with Gasteiger partial charge in [-0.15, -0.1) is 0 Å². The number of benzene rings is 1. The van der Waals surface area contributed by atoms with Crippen LogP contribution in [0.2, 0.25) is 0 Å². The van der Waals surface area contributed by atoms with E-state index in [0.717, 1.165) is 32.3 Å². The van der Waals surface area contributed by atoms with Crippen LogP contribution in [0, 0.1) is 0 Å². The molecule has 1 aliphatic heterocycles. The van der Waals surface area contributed by atoms with Gasteiger partial charge in [0.05, 0.1) is 12.1 Å². The zero-order valence-corrected chi connectivity index (χ0v) is 11.0. The molecule has 2 aliphatic rings. The number of urea groups is 1. The van der Waals surface area contributed by atoms with Crippen molar-refractivity contribution in [3.05, 3.63) is 35.4 Å². The van der Waals surface area contributed by atoms with Crippen molar-refractivity contribution in [3.8, 4) is 0 Å². The van der Waals surface area contributed by atoms with Gasteiger partial charge in [0.15, 0.2) is 0 Å². The summed E-state index contributed by atoms with van der Waals surface area (Å²) in [4.78, 5) is 11.9. The lowest BCUT2D eigenvalue weighted by Crippen LogP contribution is -2.40. The summed E-state index contributed by atoms with van der Waals surface area (Å²) in [6.45, 7) is 1.43. The van der Waals surface area contributed by atoms with Gasteiger partial charge in [0.1, 0.15) is 0 Å². The smallest absolute Gasteiger partial charge is 0.315 e. The van der Waals surface area contributed by atoms with E-state index in [0.29, 0.717) is 6.54 Å². The van der Waals surface area contributed by atoms with Gasteiger partial charge >= 0.3 is 6.03 Å².